The molecule has 4 nitrogen and oxygen atoms in total. The van der Waals surface area contributed by atoms with Gasteiger partial charge in [-0.25, -0.2) is 4.79 Å². The van der Waals surface area contributed by atoms with Crippen molar-refractivity contribution in [1.29, 1.82) is 0 Å². The van der Waals surface area contributed by atoms with Gasteiger partial charge < -0.3 is 9.47 Å². The number of methoxy groups -OCH3 is 1. The molecule has 1 saturated heterocycles. The van der Waals surface area contributed by atoms with Gasteiger partial charge in [-0.3, -0.25) is 4.79 Å². The Kier molecular flexibility index (Phi) is 3.06. The Morgan fingerprint density at radius 1 is 1.69 bits per heavy atom. The fraction of sp³-hybridized carbons (Fsp3) is 0.556. The number of hydrogen-bond donors (Lipinski definition) is 0. The van der Waals surface area contributed by atoms with Crippen molar-refractivity contribution in [3.8, 4) is 0 Å². The number of esters is 2. The van der Waals surface area contributed by atoms with Gasteiger partial charge in [-0.05, 0) is 19.4 Å². The number of ether oxygens (including phenoxy) is 2. The molecule has 0 unspecified atom stereocenters. The first kappa shape index (κ1) is 9.77. The van der Waals surface area contributed by atoms with Crippen molar-refractivity contribution < 1.29 is 19.1 Å². The maximum atomic E-state index is 11.0. The highest BCUT2D eigenvalue weighted by Gasteiger charge is 2.22. The van der Waals surface area contributed by atoms with Crippen LogP contribution in [0.25, 0.3) is 0 Å². The summed E-state index contributed by atoms with van der Waals surface area (Å²) in [5, 5.41) is 0. The van der Waals surface area contributed by atoms with E-state index in [0.717, 1.165) is 0 Å². The van der Waals surface area contributed by atoms with E-state index in [1.165, 1.54) is 7.11 Å². The second kappa shape index (κ2) is 4.07. The van der Waals surface area contributed by atoms with Crippen molar-refractivity contribution in [2.24, 2.45) is 0 Å². The first-order chi connectivity index (χ1) is 6.13. The highest BCUT2D eigenvalue weighted by molar-refractivity contribution is 5.87. The lowest BCUT2D eigenvalue weighted by Gasteiger charge is -2.04. The zero-order valence-electron chi connectivity index (χ0n) is 7.70. The molecule has 72 valence electrons. The van der Waals surface area contributed by atoms with E-state index in [9.17, 15) is 9.59 Å². The van der Waals surface area contributed by atoms with Crippen LogP contribution in [0, 0.1) is 0 Å². The molecular weight excluding hydrogens is 172 g/mol. The number of rotatable bonds is 2. The summed E-state index contributed by atoms with van der Waals surface area (Å²) in [5.41, 5.74) is 0.474. The molecule has 1 rings (SSSR count). The molecule has 0 amide bonds. The molecule has 0 aromatic rings. The molecule has 0 bridgehead atoms. The summed E-state index contributed by atoms with van der Waals surface area (Å²) in [4.78, 5) is 21.7. The lowest BCUT2D eigenvalue weighted by atomic mass is 10.1. The number of carbonyl (C=O) groups is 2. The Bertz CT molecular complexity index is 254. The van der Waals surface area contributed by atoms with Gasteiger partial charge in [0, 0.05) is 12.0 Å². The molecule has 0 aliphatic carbocycles. The molecule has 0 aromatic carbocycles. The Morgan fingerprint density at radius 3 is 2.85 bits per heavy atom. The summed E-state index contributed by atoms with van der Waals surface area (Å²) in [6, 6.07) is 0. The number of carbonyl (C=O) groups excluding carboxylic acids is 2. The summed E-state index contributed by atoms with van der Waals surface area (Å²) in [6.45, 7) is 1.64. The minimum Gasteiger partial charge on any atom is -0.466 e. The number of cyclic esters (lactones) is 1. The minimum atomic E-state index is -0.386. The maximum absolute atomic E-state index is 11.0. The van der Waals surface area contributed by atoms with E-state index in [1.807, 2.05) is 0 Å². The van der Waals surface area contributed by atoms with Crippen LogP contribution in [-0.2, 0) is 19.1 Å². The molecule has 0 aromatic heterocycles. The smallest absolute Gasteiger partial charge is 0.333 e. The molecule has 0 N–H and O–H groups in total. The van der Waals surface area contributed by atoms with E-state index in [1.54, 1.807) is 13.0 Å². The summed E-state index contributed by atoms with van der Waals surface area (Å²) >= 11 is 0. The SMILES string of the molecule is COC(=O)/C(C)=C/[C@H]1CCC(=O)O1. The van der Waals surface area contributed by atoms with Gasteiger partial charge >= 0.3 is 11.9 Å². The summed E-state index contributed by atoms with van der Waals surface area (Å²) in [5.74, 6) is -0.595. The third-order valence-corrected chi connectivity index (χ3v) is 1.86. The van der Waals surface area contributed by atoms with Crippen LogP contribution >= 0.6 is 0 Å². The minimum absolute atomic E-state index is 0.209. The second-order valence-electron chi connectivity index (χ2n) is 2.91. The second-order valence-corrected chi connectivity index (χ2v) is 2.91. The van der Waals surface area contributed by atoms with Gasteiger partial charge in [-0.1, -0.05) is 0 Å². The van der Waals surface area contributed by atoms with Gasteiger partial charge in [0.15, 0.2) is 0 Å². The summed E-state index contributed by atoms with van der Waals surface area (Å²) in [7, 11) is 1.32. The molecule has 1 aliphatic heterocycles. The van der Waals surface area contributed by atoms with E-state index in [-0.39, 0.29) is 18.0 Å². The average Bonchev–Trinajstić information content (AvgIpc) is 2.49. The lowest BCUT2D eigenvalue weighted by molar-refractivity contribution is -0.140. The van der Waals surface area contributed by atoms with Crippen LogP contribution in [0.15, 0.2) is 11.6 Å². The highest BCUT2D eigenvalue weighted by atomic mass is 16.5. The van der Waals surface area contributed by atoms with Crippen LogP contribution in [0.2, 0.25) is 0 Å². The lowest BCUT2D eigenvalue weighted by Crippen LogP contribution is -2.08. The summed E-state index contributed by atoms with van der Waals surface area (Å²) in [6.07, 6.45) is 2.44. The van der Waals surface area contributed by atoms with E-state index >= 15 is 0 Å². The molecule has 1 fully saturated rings. The molecule has 1 heterocycles. The molecule has 0 radical (unpaired) electrons. The van der Waals surface area contributed by atoms with Crippen molar-refractivity contribution in [2.75, 3.05) is 7.11 Å². The maximum Gasteiger partial charge on any atom is 0.333 e. The van der Waals surface area contributed by atoms with Gasteiger partial charge in [0.25, 0.3) is 0 Å². The fourth-order valence-electron chi connectivity index (χ4n) is 1.17. The molecule has 13 heavy (non-hydrogen) atoms. The molecule has 4 heteroatoms. The summed E-state index contributed by atoms with van der Waals surface area (Å²) < 4.78 is 9.40. The van der Waals surface area contributed by atoms with Crippen LogP contribution in [0.1, 0.15) is 19.8 Å². The normalized spacial score (nSPS) is 22.8. The van der Waals surface area contributed by atoms with Crippen molar-refractivity contribution in [3.05, 3.63) is 11.6 Å². The number of hydrogen-bond acceptors (Lipinski definition) is 4. The monoisotopic (exact) mass is 184 g/mol. The Morgan fingerprint density at radius 2 is 2.38 bits per heavy atom. The molecular formula is C9H12O4. The van der Waals surface area contributed by atoms with Crippen molar-refractivity contribution in [3.63, 3.8) is 0 Å². The zero-order valence-corrected chi connectivity index (χ0v) is 7.70. The predicted molar refractivity (Wildman–Crippen MR) is 44.9 cm³/mol. The third kappa shape index (κ3) is 2.57. The highest BCUT2D eigenvalue weighted by Crippen LogP contribution is 2.16. The predicted octanol–water partition coefficient (Wildman–Crippen LogP) is 0.811. The first-order valence-electron chi connectivity index (χ1n) is 4.09. The fourth-order valence-corrected chi connectivity index (χ4v) is 1.17. The van der Waals surface area contributed by atoms with Crippen LogP contribution in [0.4, 0.5) is 0 Å². The Labute approximate surface area is 76.5 Å². The van der Waals surface area contributed by atoms with Crippen molar-refractivity contribution in [2.45, 2.75) is 25.9 Å². The molecule has 0 spiro atoms. The molecule has 0 saturated carbocycles. The van der Waals surface area contributed by atoms with Crippen molar-refractivity contribution in [1.82, 2.24) is 0 Å². The van der Waals surface area contributed by atoms with Crippen LogP contribution in [0.5, 0.6) is 0 Å². The van der Waals surface area contributed by atoms with Crippen molar-refractivity contribution >= 4 is 11.9 Å². The van der Waals surface area contributed by atoms with Gasteiger partial charge in [0.2, 0.25) is 0 Å². The van der Waals surface area contributed by atoms with E-state index < -0.39 is 0 Å². The zero-order chi connectivity index (χ0) is 9.84. The topological polar surface area (TPSA) is 52.6 Å². The molecule has 1 aliphatic rings. The van der Waals surface area contributed by atoms with Crippen LogP contribution < -0.4 is 0 Å². The first-order valence-corrected chi connectivity index (χ1v) is 4.09. The van der Waals surface area contributed by atoms with Gasteiger partial charge in [0.1, 0.15) is 6.10 Å². The Hall–Kier alpha value is -1.32. The van der Waals surface area contributed by atoms with Gasteiger partial charge in [0.05, 0.1) is 7.11 Å². The Balaban J connectivity index is 2.55. The van der Waals surface area contributed by atoms with E-state index in [2.05, 4.69) is 4.74 Å². The van der Waals surface area contributed by atoms with E-state index in [4.69, 9.17) is 4.74 Å². The average molecular weight is 184 g/mol. The van der Waals surface area contributed by atoms with Gasteiger partial charge in [-0.15, -0.1) is 0 Å². The standard InChI is InChI=1S/C9H12O4/c1-6(9(11)12-2)5-7-3-4-8(10)13-7/h5,7H,3-4H2,1-2H3/b6-5+/t7-/m1/s1. The molecule has 1 atom stereocenters. The van der Waals surface area contributed by atoms with E-state index in [0.29, 0.717) is 18.4 Å². The van der Waals surface area contributed by atoms with Crippen LogP contribution in [-0.4, -0.2) is 25.2 Å². The largest absolute Gasteiger partial charge is 0.466 e. The van der Waals surface area contributed by atoms with Crippen LogP contribution in [0.3, 0.4) is 0 Å². The third-order valence-electron chi connectivity index (χ3n) is 1.86. The van der Waals surface area contributed by atoms with Gasteiger partial charge in [-0.2, -0.15) is 0 Å². The quantitative estimate of drug-likeness (QED) is 0.470.